The number of benzene rings is 2. The molecular formula is C32H40N2S. The summed E-state index contributed by atoms with van der Waals surface area (Å²) in [5.41, 5.74) is 11.1. The van der Waals surface area contributed by atoms with Crippen molar-refractivity contribution >= 4 is 17.2 Å². The van der Waals surface area contributed by atoms with Gasteiger partial charge in [-0.15, -0.1) is 0 Å². The molecule has 35 heavy (non-hydrogen) atoms. The minimum absolute atomic E-state index is 0.159. The molecule has 0 saturated heterocycles. The second kappa shape index (κ2) is 9.48. The molecule has 5 fully saturated rings. The highest BCUT2D eigenvalue weighted by Gasteiger charge is 2.61. The zero-order chi connectivity index (χ0) is 23.9. The zero-order valence-electron chi connectivity index (χ0n) is 20.9. The van der Waals surface area contributed by atoms with Crippen LogP contribution in [0.4, 0.5) is 0 Å². The van der Waals surface area contributed by atoms with Gasteiger partial charge in [-0.2, -0.15) is 0 Å². The van der Waals surface area contributed by atoms with Crippen LogP contribution in [0.5, 0.6) is 0 Å². The predicted molar refractivity (Wildman–Crippen MR) is 149 cm³/mol. The van der Waals surface area contributed by atoms with Crippen LogP contribution in [-0.4, -0.2) is 17.6 Å². The van der Waals surface area contributed by atoms with Crippen LogP contribution in [0.15, 0.2) is 72.3 Å². The fourth-order valence-electron chi connectivity index (χ4n) is 8.40. The summed E-state index contributed by atoms with van der Waals surface area (Å²) in [6.45, 7) is 0.835. The summed E-state index contributed by atoms with van der Waals surface area (Å²) in [6, 6.07) is 22.9. The Bertz CT molecular complexity index is 1050. The van der Waals surface area contributed by atoms with Gasteiger partial charge in [0.2, 0.25) is 0 Å². The first-order chi connectivity index (χ1) is 17.1. The molecule has 0 amide bonds. The number of rotatable bonds is 6. The molecule has 0 aromatic heterocycles. The Morgan fingerprint density at radius 2 is 1.51 bits per heavy atom. The topological polar surface area (TPSA) is 38.0 Å². The fourth-order valence-corrected chi connectivity index (χ4v) is 8.80. The van der Waals surface area contributed by atoms with Gasteiger partial charge in [-0.05, 0) is 105 Å². The number of nitrogens with one attached hydrogen (secondary N) is 1. The van der Waals surface area contributed by atoms with Gasteiger partial charge in [0.1, 0.15) is 0 Å². The maximum atomic E-state index is 6.31. The van der Waals surface area contributed by atoms with Crippen molar-refractivity contribution in [2.75, 3.05) is 6.54 Å². The summed E-state index contributed by atoms with van der Waals surface area (Å²) >= 11 is 6.31. The van der Waals surface area contributed by atoms with Gasteiger partial charge in [0.25, 0.3) is 0 Å². The minimum atomic E-state index is 0.159. The third-order valence-electron chi connectivity index (χ3n) is 9.97. The summed E-state index contributed by atoms with van der Waals surface area (Å²) in [6.07, 6.45) is 14.9. The van der Waals surface area contributed by atoms with Crippen molar-refractivity contribution in [3.05, 3.63) is 83.4 Å². The largest absolute Gasteiger partial charge is 0.376 e. The van der Waals surface area contributed by atoms with Crippen LogP contribution in [0.3, 0.4) is 0 Å². The van der Waals surface area contributed by atoms with Crippen molar-refractivity contribution in [1.29, 1.82) is 0 Å². The first-order valence-electron chi connectivity index (χ1n) is 13.9. The number of hydrogen-bond acceptors (Lipinski definition) is 2. The maximum absolute atomic E-state index is 6.31. The molecule has 5 saturated carbocycles. The van der Waals surface area contributed by atoms with Crippen molar-refractivity contribution in [1.82, 2.24) is 5.32 Å². The molecule has 2 nitrogen and oxygen atoms in total. The van der Waals surface area contributed by atoms with Crippen molar-refractivity contribution in [2.24, 2.45) is 28.9 Å². The second-order valence-corrected chi connectivity index (χ2v) is 12.5. The van der Waals surface area contributed by atoms with Gasteiger partial charge in [0.15, 0.2) is 0 Å². The highest BCUT2D eigenvalue weighted by molar-refractivity contribution is 7.80. The molecule has 2 unspecified atom stereocenters. The summed E-state index contributed by atoms with van der Waals surface area (Å²) in [4.78, 5) is 1.19. The van der Waals surface area contributed by atoms with Gasteiger partial charge in [0.05, 0.1) is 4.99 Å². The van der Waals surface area contributed by atoms with Crippen LogP contribution in [0.2, 0.25) is 0 Å². The Hall–Kier alpha value is -1.97. The summed E-state index contributed by atoms with van der Waals surface area (Å²) in [5, 5.41) is 3.93. The Balaban J connectivity index is 1.27. The average Bonchev–Trinajstić information content (AvgIpc) is 2.89. The predicted octanol–water partition coefficient (Wildman–Crippen LogP) is 6.74. The Morgan fingerprint density at radius 3 is 2.14 bits per heavy atom. The second-order valence-electron chi connectivity index (χ2n) is 12.1. The molecule has 7 rings (SSSR count). The molecule has 3 heteroatoms. The smallest absolute Gasteiger partial charge is 0.0818 e. The molecule has 0 spiro atoms. The Kier molecular flexibility index (Phi) is 6.35. The summed E-state index contributed by atoms with van der Waals surface area (Å²) in [5.74, 6) is 2.03. The highest BCUT2D eigenvalue weighted by atomic mass is 32.1. The van der Waals surface area contributed by atoms with E-state index in [4.69, 9.17) is 18.0 Å². The van der Waals surface area contributed by atoms with Crippen LogP contribution >= 0.6 is 12.2 Å². The van der Waals surface area contributed by atoms with Crippen LogP contribution in [0, 0.1) is 23.2 Å². The van der Waals surface area contributed by atoms with E-state index >= 15 is 0 Å². The first-order valence-corrected chi connectivity index (χ1v) is 14.3. The third-order valence-corrected chi connectivity index (χ3v) is 10.5. The van der Waals surface area contributed by atoms with E-state index in [-0.39, 0.29) is 10.8 Å². The lowest BCUT2D eigenvalue weighted by Gasteiger charge is -2.63. The molecule has 0 radical (unpaired) electrons. The molecule has 5 aliphatic carbocycles. The molecule has 184 valence electrons. The molecule has 2 atom stereocenters. The van der Waals surface area contributed by atoms with Crippen LogP contribution in [0.25, 0.3) is 0 Å². The molecule has 3 N–H and O–H groups in total. The van der Waals surface area contributed by atoms with Gasteiger partial charge >= 0.3 is 0 Å². The van der Waals surface area contributed by atoms with E-state index in [0.717, 1.165) is 13.0 Å². The monoisotopic (exact) mass is 484 g/mol. The lowest BCUT2D eigenvalue weighted by Crippen LogP contribution is -2.60. The SMILES string of the molecule is NCC1CCC(NC(=S)C23CC4CC(c5ccccc5)(CC(C2)C4=CCc2ccccc2)C3)CC1. The third kappa shape index (κ3) is 4.40. The van der Waals surface area contributed by atoms with Crippen molar-refractivity contribution in [3.8, 4) is 0 Å². The van der Waals surface area contributed by atoms with E-state index in [0.29, 0.717) is 23.8 Å². The first kappa shape index (κ1) is 23.4. The van der Waals surface area contributed by atoms with Crippen LogP contribution < -0.4 is 11.1 Å². The molecular weight excluding hydrogens is 444 g/mol. The van der Waals surface area contributed by atoms with E-state index in [1.54, 1.807) is 11.1 Å². The average molecular weight is 485 g/mol. The molecule has 4 bridgehead atoms. The molecule has 5 aliphatic rings. The van der Waals surface area contributed by atoms with Crippen LogP contribution in [-0.2, 0) is 11.8 Å². The van der Waals surface area contributed by atoms with Gasteiger partial charge in [-0.3, -0.25) is 0 Å². The maximum Gasteiger partial charge on any atom is 0.0818 e. The lowest BCUT2D eigenvalue weighted by molar-refractivity contribution is 0.00538. The van der Waals surface area contributed by atoms with E-state index < -0.39 is 0 Å². The van der Waals surface area contributed by atoms with E-state index in [9.17, 15) is 0 Å². The molecule has 2 aromatic carbocycles. The quantitative estimate of drug-likeness (QED) is 0.352. The standard InChI is InChI=1S/C32H40N2S/c33-21-24-11-14-28(15-12-24)34-30(35)32-19-25-17-31(22-32,27-9-5-2-6-10-27)18-26(20-32)29(25)16-13-23-7-3-1-4-8-23/h1-10,16,24-26,28H,11-15,17-22,33H2,(H,34,35). The van der Waals surface area contributed by atoms with Crippen molar-refractivity contribution in [2.45, 2.75) is 75.7 Å². The number of nitrogens with two attached hydrogens (primary N) is 1. The van der Waals surface area contributed by atoms with Gasteiger partial charge < -0.3 is 11.1 Å². The normalized spacial score (nSPS) is 35.6. The Labute approximate surface area is 216 Å². The summed E-state index contributed by atoms with van der Waals surface area (Å²) in [7, 11) is 0. The van der Waals surface area contributed by atoms with E-state index in [1.165, 1.54) is 68.3 Å². The van der Waals surface area contributed by atoms with Gasteiger partial charge in [0, 0.05) is 11.5 Å². The molecule has 2 aromatic rings. The number of thiocarbonyl (C=S) groups is 1. The van der Waals surface area contributed by atoms with Crippen molar-refractivity contribution < 1.29 is 0 Å². The molecule has 0 heterocycles. The van der Waals surface area contributed by atoms with Crippen LogP contribution in [0.1, 0.15) is 68.9 Å². The highest BCUT2D eigenvalue weighted by Crippen LogP contribution is 2.67. The number of allylic oxidation sites excluding steroid dienone is 2. The minimum Gasteiger partial charge on any atom is -0.376 e. The Morgan fingerprint density at radius 1 is 0.886 bits per heavy atom. The fraction of sp³-hybridized carbons (Fsp3) is 0.531. The van der Waals surface area contributed by atoms with Crippen molar-refractivity contribution in [3.63, 3.8) is 0 Å². The van der Waals surface area contributed by atoms with Gasteiger partial charge in [-0.25, -0.2) is 0 Å². The van der Waals surface area contributed by atoms with E-state index in [2.05, 4.69) is 72.1 Å². The lowest BCUT2D eigenvalue weighted by atomic mass is 9.41. The van der Waals surface area contributed by atoms with E-state index in [1.807, 2.05) is 0 Å². The zero-order valence-corrected chi connectivity index (χ0v) is 21.7. The number of hydrogen-bond donors (Lipinski definition) is 2. The summed E-state index contributed by atoms with van der Waals surface area (Å²) < 4.78 is 0. The molecule has 0 aliphatic heterocycles. The van der Waals surface area contributed by atoms with Gasteiger partial charge in [-0.1, -0.05) is 84.5 Å².